The van der Waals surface area contributed by atoms with Gasteiger partial charge in [0.1, 0.15) is 0 Å². The number of carbonyl (C=O) groups excluding carboxylic acids is 3. The minimum absolute atomic E-state index is 0.0237. The van der Waals surface area contributed by atoms with Crippen LogP contribution in [0.4, 0.5) is 5.13 Å². The minimum Gasteiger partial charge on any atom is -0.343 e. The molecule has 6 nitrogen and oxygen atoms in total. The van der Waals surface area contributed by atoms with Crippen LogP contribution in [0.5, 0.6) is 0 Å². The van der Waals surface area contributed by atoms with Crippen LogP contribution in [0.3, 0.4) is 0 Å². The van der Waals surface area contributed by atoms with Crippen molar-refractivity contribution >= 4 is 34.1 Å². The van der Waals surface area contributed by atoms with E-state index < -0.39 is 0 Å². The van der Waals surface area contributed by atoms with Gasteiger partial charge in [-0.15, -0.1) is 0 Å². The summed E-state index contributed by atoms with van der Waals surface area (Å²) in [6, 6.07) is 0.0924. The van der Waals surface area contributed by atoms with Crippen LogP contribution in [0.25, 0.3) is 0 Å². The first-order chi connectivity index (χ1) is 11.7. The number of nitrogens with one attached hydrogen (secondary N) is 1. The summed E-state index contributed by atoms with van der Waals surface area (Å²) in [4.78, 5) is 43.6. The molecule has 1 aliphatic rings. The molecule has 25 heavy (non-hydrogen) atoms. The summed E-state index contributed by atoms with van der Waals surface area (Å²) in [5.74, 6) is -0.218. The topological polar surface area (TPSA) is 79.4 Å². The smallest absolute Gasteiger partial charge is 0.226 e. The maximum Gasteiger partial charge on any atom is 0.226 e. The van der Waals surface area contributed by atoms with E-state index in [0.29, 0.717) is 34.5 Å². The molecule has 0 unspecified atom stereocenters. The van der Waals surface area contributed by atoms with Gasteiger partial charge in [-0.05, 0) is 19.8 Å². The molecule has 0 saturated heterocycles. The fourth-order valence-electron chi connectivity index (χ4n) is 2.73. The quantitative estimate of drug-likeness (QED) is 0.840. The first-order valence-corrected chi connectivity index (χ1v) is 9.63. The van der Waals surface area contributed by atoms with E-state index in [1.807, 2.05) is 27.7 Å². The Morgan fingerprint density at radius 3 is 2.60 bits per heavy atom. The maximum atomic E-state index is 12.5. The fraction of sp³-hybridized carbons (Fsp3) is 0.667. The summed E-state index contributed by atoms with van der Waals surface area (Å²) in [6.07, 6.45) is 2.04. The molecule has 7 heteroatoms. The Hall–Kier alpha value is -1.76. The molecule has 0 aromatic carbocycles. The van der Waals surface area contributed by atoms with Crippen molar-refractivity contribution in [3.8, 4) is 0 Å². The van der Waals surface area contributed by atoms with Crippen LogP contribution >= 0.6 is 11.3 Å². The van der Waals surface area contributed by atoms with Crippen LogP contribution in [0, 0.1) is 11.8 Å². The van der Waals surface area contributed by atoms with Gasteiger partial charge in [-0.3, -0.25) is 14.4 Å². The molecule has 0 saturated carbocycles. The van der Waals surface area contributed by atoms with Crippen molar-refractivity contribution < 1.29 is 14.4 Å². The number of Topliss-reactive ketones (excluding diaryl/α,β-unsaturated/α-hetero) is 1. The molecule has 1 N–H and O–H groups in total. The van der Waals surface area contributed by atoms with E-state index in [1.165, 1.54) is 11.3 Å². The molecule has 0 spiro atoms. The van der Waals surface area contributed by atoms with Gasteiger partial charge in [-0.1, -0.05) is 31.6 Å². The van der Waals surface area contributed by atoms with E-state index >= 15 is 0 Å². The lowest BCUT2D eigenvalue weighted by molar-refractivity contribution is -0.135. The second kappa shape index (κ2) is 8.08. The zero-order chi connectivity index (χ0) is 18.7. The number of nitrogens with zero attached hydrogens (tertiary/aromatic N) is 2. The zero-order valence-corrected chi connectivity index (χ0v) is 16.4. The Balaban J connectivity index is 2.09. The standard InChI is InChI=1S/C18H27N3O3S/c1-6-11(4)7-15(23)20-18-19-13-8-12(9-14(22)16(13)25-18)17(24)21(5)10(2)3/h10-12H,6-9H2,1-5H3,(H,19,20,23)/t11-,12-/m0/s1. The van der Waals surface area contributed by atoms with Gasteiger partial charge in [0.25, 0.3) is 0 Å². The number of fused-ring (bicyclic) bond motifs is 1. The van der Waals surface area contributed by atoms with Gasteiger partial charge in [0.05, 0.1) is 16.5 Å². The molecule has 0 radical (unpaired) electrons. The summed E-state index contributed by atoms with van der Waals surface area (Å²) < 4.78 is 0. The molecule has 2 amide bonds. The van der Waals surface area contributed by atoms with Crippen LogP contribution in [0.1, 0.15) is 62.3 Å². The first-order valence-electron chi connectivity index (χ1n) is 8.82. The van der Waals surface area contributed by atoms with Crippen molar-refractivity contribution in [1.82, 2.24) is 9.88 Å². The number of anilines is 1. The van der Waals surface area contributed by atoms with E-state index in [9.17, 15) is 14.4 Å². The Labute approximate surface area is 153 Å². The van der Waals surface area contributed by atoms with Crippen LogP contribution in [0.15, 0.2) is 0 Å². The summed E-state index contributed by atoms with van der Waals surface area (Å²) in [6.45, 7) is 7.96. The van der Waals surface area contributed by atoms with Gasteiger partial charge in [0, 0.05) is 32.4 Å². The van der Waals surface area contributed by atoms with Crippen LogP contribution < -0.4 is 5.32 Å². The lowest BCUT2D eigenvalue weighted by Crippen LogP contribution is -2.40. The average Bonchev–Trinajstić information content (AvgIpc) is 2.95. The molecule has 1 heterocycles. The molecule has 138 valence electrons. The van der Waals surface area contributed by atoms with Crippen molar-refractivity contribution in [2.45, 2.75) is 59.4 Å². The van der Waals surface area contributed by atoms with E-state index in [-0.39, 0.29) is 36.0 Å². The highest BCUT2D eigenvalue weighted by molar-refractivity contribution is 7.17. The Kier molecular flexibility index (Phi) is 6.32. The monoisotopic (exact) mass is 365 g/mol. The van der Waals surface area contributed by atoms with E-state index in [4.69, 9.17) is 0 Å². The number of aromatic nitrogens is 1. The fourth-order valence-corrected chi connectivity index (χ4v) is 3.69. The summed E-state index contributed by atoms with van der Waals surface area (Å²) >= 11 is 1.22. The van der Waals surface area contributed by atoms with E-state index in [0.717, 1.165) is 6.42 Å². The second-order valence-corrected chi connectivity index (χ2v) is 8.13. The maximum absolute atomic E-state index is 12.5. The SMILES string of the molecule is CC[C@H](C)CC(=O)Nc1nc2c(s1)C(=O)C[C@@H](C(=O)N(C)C(C)C)C2. The van der Waals surface area contributed by atoms with Gasteiger partial charge >= 0.3 is 0 Å². The van der Waals surface area contributed by atoms with Gasteiger partial charge < -0.3 is 10.2 Å². The largest absolute Gasteiger partial charge is 0.343 e. The van der Waals surface area contributed by atoms with Gasteiger partial charge in [0.15, 0.2) is 10.9 Å². The van der Waals surface area contributed by atoms with Gasteiger partial charge in [0.2, 0.25) is 11.8 Å². The molecule has 2 rings (SSSR count). The number of rotatable bonds is 6. The normalized spacial score (nSPS) is 18.0. The van der Waals surface area contributed by atoms with Crippen molar-refractivity contribution in [3.63, 3.8) is 0 Å². The number of hydrogen-bond donors (Lipinski definition) is 1. The second-order valence-electron chi connectivity index (χ2n) is 7.13. The van der Waals surface area contributed by atoms with Crippen molar-refractivity contribution in [2.75, 3.05) is 12.4 Å². The summed E-state index contributed by atoms with van der Waals surface area (Å²) in [7, 11) is 1.76. The molecule has 0 aliphatic heterocycles. The lowest BCUT2D eigenvalue weighted by atomic mass is 9.89. The van der Waals surface area contributed by atoms with Gasteiger partial charge in [-0.2, -0.15) is 0 Å². The first kappa shape index (κ1) is 19.6. The molecular weight excluding hydrogens is 338 g/mol. The number of ketones is 1. The van der Waals surface area contributed by atoms with E-state index in [2.05, 4.69) is 10.3 Å². The lowest BCUT2D eigenvalue weighted by Gasteiger charge is -2.28. The predicted molar refractivity (Wildman–Crippen MR) is 98.9 cm³/mol. The zero-order valence-electron chi connectivity index (χ0n) is 15.6. The van der Waals surface area contributed by atoms with Crippen LogP contribution in [-0.2, 0) is 16.0 Å². The van der Waals surface area contributed by atoms with Gasteiger partial charge in [-0.25, -0.2) is 4.98 Å². The summed E-state index contributed by atoms with van der Waals surface area (Å²) in [5.41, 5.74) is 0.635. The third-order valence-electron chi connectivity index (χ3n) is 4.77. The van der Waals surface area contributed by atoms with Crippen molar-refractivity contribution in [3.05, 3.63) is 10.6 Å². The molecule has 0 fully saturated rings. The highest BCUT2D eigenvalue weighted by Gasteiger charge is 2.34. The number of thiazole rings is 1. The highest BCUT2D eigenvalue weighted by Crippen LogP contribution is 2.33. The third kappa shape index (κ3) is 4.66. The third-order valence-corrected chi connectivity index (χ3v) is 5.82. The summed E-state index contributed by atoms with van der Waals surface area (Å²) in [5, 5.41) is 3.25. The van der Waals surface area contributed by atoms with Crippen LogP contribution in [0.2, 0.25) is 0 Å². The Bertz CT molecular complexity index is 669. The van der Waals surface area contributed by atoms with Crippen molar-refractivity contribution in [2.24, 2.45) is 11.8 Å². The number of amides is 2. The number of hydrogen-bond acceptors (Lipinski definition) is 5. The van der Waals surface area contributed by atoms with Crippen LogP contribution in [-0.4, -0.2) is 40.6 Å². The molecule has 1 aliphatic carbocycles. The Morgan fingerprint density at radius 2 is 2.00 bits per heavy atom. The highest BCUT2D eigenvalue weighted by atomic mass is 32.1. The minimum atomic E-state index is -0.363. The Morgan fingerprint density at radius 1 is 1.32 bits per heavy atom. The molecule has 2 atom stereocenters. The number of carbonyl (C=O) groups is 3. The predicted octanol–water partition coefficient (Wildman–Crippen LogP) is 3.13. The average molecular weight is 365 g/mol. The molecular formula is C18H27N3O3S. The molecule has 0 bridgehead atoms. The molecule has 1 aromatic heterocycles. The van der Waals surface area contributed by atoms with E-state index in [1.54, 1.807) is 11.9 Å². The van der Waals surface area contributed by atoms with Crippen molar-refractivity contribution in [1.29, 1.82) is 0 Å². The molecule has 1 aromatic rings.